The van der Waals surface area contributed by atoms with Gasteiger partial charge in [0.15, 0.2) is 0 Å². The van der Waals surface area contributed by atoms with E-state index >= 15 is 0 Å². The van der Waals surface area contributed by atoms with E-state index in [1.807, 2.05) is 25.1 Å². The molecule has 1 aromatic carbocycles. The van der Waals surface area contributed by atoms with Crippen LogP contribution in [0.15, 0.2) is 22.6 Å². The molecule has 0 amide bonds. The van der Waals surface area contributed by atoms with Crippen LogP contribution in [0.4, 0.5) is 0 Å². The molecular formula is C19H27N3O3. The molecule has 0 radical (unpaired) electrons. The van der Waals surface area contributed by atoms with Crippen LogP contribution < -0.4 is 14.8 Å². The minimum absolute atomic E-state index is 0.474. The number of nitrogens with zero attached hydrogens (tertiary/aromatic N) is 2. The van der Waals surface area contributed by atoms with Crippen molar-refractivity contribution in [2.75, 3.05) is 27.3 Å². The van der Waals surface area contributed by atoms with Crippen LogP contribution in [0.5, 0.6) is 11.5 Å². The fourth-order valence-electron chi connectivity index (χ4n) is 3.18. The zero-order valence-corrected chi connectivity index (χ0v) is 15.6. The second kappa shape index (κ2) is 7.45. The van der Waals surface area contributed by atoms with Crippen molar-refractivity contribution in [2.45, 2.75) is 39.4 Å². The topological polar surface area (TPSA) is 59.8 Å². The Bertz CT molecular complexity index is 729. The molecular weight excluding hydrogens is 318 g/mol. The van der Waals surface area contributed by atoms with Crippen molar-refractivity contribution < 1.29 is 13.9 Å². The lowest BCUT2D eigenvalue weighted by Crippen LogP contribution is -2.53. The Morgan fingerprint density at radius 2 is 2.08 bits per heavy atom. The highest BCUT2D eigenvalue weighted by molar-refractivity contribution is 5.65. The van der Waals surface area contributed by atoms with Crippen molar-refractivity contribution >= 4 is 0 Å². The Balaban J connectivity index is 1.87. The van der Waals surface area contributed by atoms with Gasteiger partial charge >= 0.3 is 0 Å². The van der Waals surface area contributed by atoms with Crippen molar-refractivity contribution in [1.82, 2.24) is 15.2 Å². The van der Waals surface area contributed by atoms with Gasteiger partial charge in [-0.25, -0.2) is 4.98 Å². The first-order valence-electron chi connectivity index (χ1n) is 8.68. The Morgan fingerprint density at radius 3 is 2.80 bits per heavy atom. The zero-order chi connectivity index (χ0) is 18.0. The van der Waals surface area contributed by atoms with Gasteiger partial charge in [-0.15, -0.1) is 0 Å². The molecule has 3 rings (SSSR count). The van der Waals surface area contributed by atoms with Crippen molar-refractivity contribution in [2.24, 2.45) is 0 Å². The van der Waals surface area contributed by atoms with Crippen molar-refractivity contribution in [1.29, 1.82) is 0 Å². The molecule has 2 aromatic rings. The number of piperazine rings is 1. The Hall–Kier alpha value is -2.05. The van der Waals surface area contributed by atoms with E-state index in [9.17, 15) is 0 Å². The quantitative estimate of drug-likeness (QED) is 0.899. The molecule has 1 fully saturated rings. The lowest BCUT2D eigenvalue weighted by atomic mass is 10.1. The van der Waals surface area contributed by atoms with E-state index in [2.05, 4.69) is 24.1 Å². The monoisotopic (exact) mass is 345 g/mol. The number of methoxy groups -OCH3 is 2. The van der Waals surface area contributed by atoms with Gasteiger partial charge in [-0.3, -0.25) is 4.90 Å². The van der Waals surface area contributed by atoms with E-state index in [1.165, 1.54) is 0 Å². The first kappa shape index (κ1) is 17.8. The highest BCUT2D eigenvalue weighted by Crippen LogP contribution is 2.34. The molecule has 2 heterocycles. The summed E-state index contributed by atoms with van der Waals surface area (Å²) in [6, 6.07) is 6.59. The Labute approximate surface area is 149 Å². The first-order valence-corrected chi connectivity index (χ1v) is 8.68. The molecule has 0 unspecified atom stereocenters. The van der Waals surface area contributed by atoms with Gasteiger partial charge in [0, 0.05) is 31.7 Å². The summed E-state index contributed by atoms with van der Waals surface area (Å²) in [5.41, 5.74) is 1.78. The summed E-state index contributed by atoms with van der Waals surface area (Å²) >= 11 is 0. The summed E-state index contributed by atoms with van der Waals surface area (Å²) < 4.78 is 16.7. The third-order valence-electron chi connectivity index (χ3n) is 4.78. The van der Waals surface area contributed by atoms with Crippen molar-refractivity contribution in [3.63, 3.8) is 0 Å². The molecule has 0 saturated carbocycles. The smallest absolute Gasteiger partial charge is 0.230 e. The van der Waals surface area contributed by atoms with Gasteiger partial charge in [-0.1, -0.05) is 0 Å². The number of hydrogen-bond acceptors (Lipinski definition) is 6. The van der Waals surface area contributed by atoms with Crippen LogP contribution in [0.3, 0.4) is 0 Å². The molecule has 1 aliphatic heterocycles. The number of aryl methyl sites for hydroxylation is 1. The van der Waals surface area contributed by atoms with Gasteiger partial charge < -0.3 is 19.2 Å². The van der Waals surface area contributed by atoms with Gasteiger partial charge in [-0.05, 0) is 39.0 Å². The predicted octanol–water partition coefficient (Wildman–Crippen LogP) is 2.85. The minimum atomic E-state index is 0.474. The Morgan fingerprint density at radius 1 is 1.28 bits per heavy atom. The number of benzene rings is 1. The molecule has 1 saturated heterocycles. The molecule has 6 heteroatoms. The van der Waals surface area contributed by atoms with Gasteiger partial charge in [-0.2, -0.15) is 0 Å². The predicted molar refractivity (Wildman–Crippen MR) is 97.1 cm³/mol. The van der Waals surface area contributed by atoms with Crippen LogP contribution in [0.25, 0.3) is 11.5 Å². The summed E-state index contributed by atoms with van der Waals surface area (Å²) in [5.74, 6) is 2.88. The minimum Gasteiger partial charge on any atom is -0.497 e. The molecule has 25 heavy (non-hydrogen) atoms. The number of nitrogens with one attached hydrogen (secondary N) is 1. The van der Waals surface area contributed by atoms with E-state index in [1.54, 1.807) is 14.2 Å². The summed E-state index contributed by atoms with van der Waals surface area (Å²) in [5, 5.41) is 3.50. The van der Waals surface area contributed by atoms with E-state index < -0.39 is 0 Å². The van der Waals surface area contributed by atoms with E-state index in [0.29, 0.717) is 18.0 Å². The summed E-state index contributed by atoms with van der Waals surface area (Å²) in [4.78, 5) is 7.20. The summed E-state index contributed by atoms with van der Waals surface area (Å²) in [7, 11) is 3.29. The lowest BCUT2D eigenvalue weighted by Gasteiger charge is -2.37. The Kier molecular flexibility index (Phi) is 5.30. The number of aromatic nitrogens is 1. The molecule has 136 valence electrons. The third-order valence-corrected chi connectivity index (χ3v) is 4.78. The van der Waals surface area contributed by atoms with Crippen LogP contribution in [0.2, 0.25) is 0 Å². The normalized spacial score (nSPS) is 21.3. The summed E-state index contributed by atoms with van der Waals surface area (Å²) in [6.45, 7) is 9.20. The standard InChI is InChI=1S/C19H27N3O3/c1-12-10-22(13(2)9-20-12)11-17-14(3)25-19(21-17)16-8-15(23-4)6-7-18(16)24-5/h6-8,12-13,20H,9-11H2,1-5H3/t12-,13+/m1/s1. The molecule has 0 bridgehead atoms. The van der Waals surface area contributed by atoms with Gasteiger partial charge in [0.05, 0.1) is 25.5 Å². The van der Waals surface area contributed by atoms with E-state index in [0.717, 1.165) is 48.2 Å². The van der Waals surface area contributed by atoms with Crippen LogP contribution in [-0.4, -0.2) is 49.3 Å². The lowest BCUT2D eigenvalue weighted by molar-refractivity contribution is 0.137. The molecule has 1 N–H and O–H groups in total. The number of rotatable bonds is 5. The number of oxazole rings is 1. The zero-order valence-electron chi connectivity index (χ0n) is 15.6. The van der Waals surface area contributed by atoms with Crippen LogP contribution in [-0.2, 0) is 6.54 Å². The van der Waals surface area contributed by atoms with Gasteiger partial charge in [0.1, 0.15) is 17.3 Å². The third kappa shape index (κ3) is 3.80. The second-order valence-corrected chi connectivity index (χ2v) is 6.68. The van der Waals surface area contributed by atoms with Crippen LogP contribution >= 0.6 is 0 Å². The first-order chi connectivity index (χ1) is 12.0. The van der Waals surface area contributed by atoms with Crippen molar-refractivity contribution in [3.8, 4) is 23.0 Å². The van der Waals surface area contributed by atoms with Crippen LogP contribution in [0.1, 0.15) is 25.3 Å². The second-order valence-electron chi connectivity index (χ2n) is 6.68. The van der Waals surface area contributed by atoms with Crippen LogP contribution in [0, 0.1) is 6.92 Å². The molecule has 1 aliphatic rings. The fraction of sp³-hybridized carbons (Fsp3) is 0.526. The average Bonchev–Trinajstić information content (AvgIpc) is 2.98. The highest BCUT2D eigenvalue weighted by atomic mass is 16.5. The number of hydrogen-bond donors (Lipinski definition) is 1. The molecule has 0 aliphatic carbocycles. The fourth-order valence-corrected chi connectivity index (χ4v) is 3.18. The molecule has 6 nitrogen and oxygen atoms in total. The average molecular weight is 345 g/mol. The highest BCUT2D eigenvalue weighted by Gasteiger charge is 2.25. The van der Waals surface area contributed by atoms with Crippen molar-refractivity contribution in [3.05, 3.63) is 29.7 Å². The summed E-state index contributed by atoms with van der Waals surface area (Å²) in [6.07, 6.45) is 0. The maximum atomic E-state index is 5.96. The van der Waals surface area contributed by atoms with Gasteiger partial charge in [0.2, 0.25) is 5.89 Å². The maximum absolute atomic E-state index is 5.96. The SMILES string of the molecule is COc1ccc(OC)c(-c2nc(CN3C[C@@H](C)NC[C@@H]3C)c(C)o2)c1. The maximum Gasteiger partial charge on any atom is 0.230 e. The van der Waals surface area contributed by atoms with E-state index in [4.69, 9.17) is 18.9 Å². The largest absolute Gasteiger partial charge is 0.497 e. The van der Waals surface area contributed by atoms with Gasteiger partial charge in [0.25, 0.3) is 0 Å². The number of ether oxygens (including phenoxy) is 2. The van der Waals surface area contributed by atoms with E-state index in [-0.39, 0.29) is 0 Å². The molecule has 0 spiro atoms. The molecule has 2 atom stereocenters. The molecule has 1 aromatic heterocycles.